The first-order valence-electron chi connectivity index (χ1n) is 13.5. The highest BCUT2D eigenvalue weighted by Crippen LogP contribution is 2.69. The van der Waals surface area contributed by atoms with Gasteiger partial charge in [-0.2, -0.15) is 0 Å². The molecule has 3 atom stereocenters. The van der Waals surface area contributed by atoms with E-state index in [9.17, 15) is 19.2 Å². The molecule has 7 nitrogen and oxygen atoms in total. The van der Waals surface area contributed by atoms with E-state index in [2.05, 4.69) is 5.32 Å². The maximum atomic E-state index is 14.1. The van der Waals surface area contributed by atoms with E-state index in [4.69, 9.17) is 27.9 Å². The van der Waals surface area contributed by atoms with E-state index in [1.807, 2.05) is 62.4 Å². The van der Waals surface area contributed by atoms with Gasteiger partial charge in [-0.3, -0.25) is 19.3 Å². The van der Waals surface area contributed by atoms with Crippen molar-refractivity contribution in [3.8, 4) is 0 Å². The van der Waals surface area contributed by atoms with Crippen molar-refractivity contribution in [2.45, 2.75) is 36.6 Å². The van der Waals surface area contributed by atoms with Crippen LogP contribution in [0, 0.1) is 17.8 Å². The normalized spacial score (nSPS) is 26.3. The molecule has 2 bridgehead atoms. The first-order chi connectivity index (χ1) is 19.5. The first kappa shape index (κ1) is 27.5. The molecule has 1 heterocycles. The summed E-state index contributed by atoms with van der Waals surface area (Å²) < 4.78 is 5.24. The topological polar surface area (TPSA) is 92.8 Å². The Kier molecular flexibility index (Phi) is 6.51. The summed E-state index contributed by atoms with van der Waals surface area (Å²) in [7, 11) is 0. The molecule has 3 aromatic rings. The zero-order valence-electron chi connectivity index (χ0n) is 22.7. The van der Waals surface area contributed by atoms with Gasteiger partial charge in [-0.1, -0.05) is 62.4 Å². The number of anilines is 1. The van der Waals surface area contributed by atoms with Crippen LogP contribution in [-0.4, -0.2) is 41.2 Å². The van der Waals surface area contributed by atoms with Gasteiger partial charge in [0.25, 0.3) is 0 Å². The van der Waals surface area contributed by atoms with Crippen LogP contribution in [0.4, 0.5) is 5.69 Å². The van der Waals surface area contributed by atoms with Gasteiger partial charge in [-0.25, -0.2) is 4.79 Å². The molecule has 1 N–H and O–H groups in total. The lowest BCUT2D eigenvalue weighted by Gasteiger charge is -2.54. The molecule has 3 aromatic carbocycles. The van der Waals surface area contributed by atoms with E-state index in [0.717, 1.165) is 4.90 Å². The third-order valence-corrected chi connectivity index (χ3v) is 9.61. The number of halogens is 2. The zero-order valence-corrected chi connectivity index (χ0v) is 24.2. The Balaban J connectivity index is 1.29. The van der Waals surface area contributed by atoms with E-state index in [1.54, 1.807) is 24.3 Å². The quantitative estimate of drug-likeness (QED) is 0.235. The second-order valence-corrected chi connectivity index (χ2v) is 12.4. The summed E-state index contributed by atoms with van der Waals surface area (Å²) in [5.74, 6) is -3.84. The van der Waals surface area contributed by atoms with Crippen molar-refractivity contribution < 1.29 is 23.9 Å². The minimum absolute atomic E-state index is 0.208. The summed E-state index contributed by atoms with van der Waals surface area (Å²) in [6, 6.07) is 19.9. The van der Waals surface area contributed by atoms with Gasteiger partial charge in [0.1, 0.15) is 15.8 Å². The lowest BCUT2D eigenvalue weighted by Crippen LogP contribution is -2.57. The van der Waals surface area contributed by atoms with Crippen molar-refractivity contribution in [1.82, 2.24) is 4.90 Å². The molecule has 0 radical (unpaired) electrons. The fourth-order valence-electron chi connectivity index (χ4n) is 6.45. The third-order valence-electron chi connectivity index (χ3n) is 8.32. The Morgan fingerprint density at radius 3 is 1.66 bits per heavy atom. The minimum Gasteiger partial charge on any atom is -0.462 e. The number of hydrogen-bond donors (Lipinski definition) is 1. The van der Waals surface area contributed by atoms with Crippen molar-refractivity contribution in [3.05, 3.63) is 101 Å². The van der Waals surface area contributed by atoms with Crippen molar-refractivity contribution >= 4 is 52.6 Å². The summed E-state index contributed by atoms with van der Waals surface area (Å²) in [6.07, 6.45) is 0. The van der Waals surface area contributed by atoms with Crippen LogP contribution in [0.25, 0.3) is 0 Å². The number of rotatable bonds is 6. The molecule has 41 heavy (non-hydrogen) atoms. The standard InChI is InChI=1S/C32H28Cl2N2O5/c1-17(2)16-41-30(40)19-12-14-20(15-13-19)35-27(37)18(3)36-28(38)25-26(29(36)39)32(34)22-9-5-4-8-21(22)31(25,33)23-10-6-7-11-24(23)32/h4-15,17-18,25-26H,16H2,1-3H3,(H,35,37)/t18-,25-,26+,31?,32?/m1/s1. The summed E-state index contributed by atoms with van der Waals surface area (Å²) in [5, 5.41) is 2.75. The number of amides is 3. The Bertz CT molecular complexity index is 1480. The van der Waals surface area contributed by atoms with Gasteiger partial charge < -0.3 is 10.1 Å². The van der Waals surface area contributed by atoms with Crippen molar-refractivity contribution in [1.29, 1.82) is 0 Å². The smallest absolute Gasteiger partial charge is 0.338 e. The van der Waals surface area contributed by atoms with Crippen LogP contribution in [0.1, 0.15) is 53.4 Å². The average Bonchev–Trinajstić information content (AvgIpc) is 3.25. The van der Waals surface area contributed by atoms with Crippen LogP contribution < -0.4 is 5.32 Å². The Morgan fingerprint density at radius 1 is 0.805 bits per heavy atom. The number of benzene rings is 3. The number of carbonyl (C=O) groups excluding carboxylic acids is 4. The molecule has 9 heteroatoms. The van der Waals surface area contributed by atoms with Crippen LogP contribution in [0.2, 0.25) is 0 Å². The van der Waals surface area contributed by atoms with Crippen LogP contribution in [-0.2, 0) is 28.9 Å². The lowest BCUT2D eigenvalue weighted by atomic mass is 9.54. The molecule has 3 aliphatic carbocycles. The van der Waals surface area contributed by atoms with Crippen molar-refractivity contribution in [2.75, 3.05) is 11.9 Å². The number of ether oxygens (including phenoxy) is 1. The number of alkyl halides is 2. The van der Waals surface area contributed by atoms with Gasteiger partial charge in [0.15, 0.2) is 0 Å². The van der Waals surface area contributed by atoms with Gasteiger partial charge in [0, 0.05) is 5.69 Å². The van der Waals surface area contributed by atoms with E-state index >= 15 is 0 Å². The Hall–Kier alpha value is -3.68. The fraction of sp³-hybridized carbons (Fsp3) is 0.312. The molecule has 0 saturated carbocycles. The minimum atomic E-state index is -1.31. The predicted octanol–water partition coefficient (Wildman–Crippen LogP) is 5.42. The molecule has 1 saturated heterocycles. The highest BCUT2D eigenvalue weighted by molar-refractivity contribution is 6.36. The molecular formula is C32H28Cl2N2O5. The molecular weight excluding hydrogens is 563 g/mol. The second-order valence-electron chi connectivity index (χ2n) is 11.3. The van der Waals surface area contributed by atoms with Gasteiger partial charge in [0.05, 0.1) is 24.0 Å². The van der Waals surface area contributed by atoms with E-state index < -0.39 is 51.3 Å². The number of hydrogen-bond acceptors (Lipinski definition) is 5. The third kappa shape index (κ3) is 3.86. The van der Waals surface area contributed by atoms with Crippen molar-refractivity contribution in [3.63, 3.8) is 0 Å². The van der Waals surface area contributed by atoms with E-state index in [-0.39, 0.29) is 5.92 Å². The highest BCUT2D eigenvalue weighted by Gasteiger charge is 2.73. The van der Waals surface area contributed by atoms with Gasteiger partial charge in [-0.05, 0) is 59.4 Å². The van der Waals surface area contributed by atoms with Gasteiger partial charge in [-0.15, -0.1) is 23.2 Å². The number of carbonyl (C=O) groups is 4. The van der Waals surface area contributed by atoms with Crippen LogP contribution >= 0.6 is 23.2 Å². The summed E-state index contributed by atoms with van der Waals surface area (Å²) in [4.78, 5) is 52.1. The van der Waals surface area contributed by atoms with Crippen LogP contribution in [0.15, 0.2) is 72.8 Å². The Labute approximate surface area is 247 Å². The van der Waals surface area contributed by atoms with Gasteiger partial charge >= 0.3 is 5.97 Å². The number of likely N-dealkylation sites (tertiary alicyclic amines) is 1. The molecule has 0 unspecified atom stereocenters. The summed E-state index contributed by atoms with van der Waals surface area (Å²) in [6.45, 7) is 5.70. The monoisotopic (exact) mass is 590 g/mol. The number of imide groups is 1. The fourth-order valence-corrected chi connectivity index (χ4v) is 7.55. The molecule has 1 fully saturated rings. The zero-order chi connectivity index (χ0) is 29.3. The maximum Gasteiger partial charge on any atom is 0.338 e. The van der Waals surface area contributed by atoms with Gasteiger partial charge in [0.2, 0.25) is 17.7 Å². The van der Waals surface area contributed by atoms with E-state index in [1.165, 1.54) is 6.92 Å². The van der Waals surface area contributed by atoms with Crippen LogP contribution in [0.5, 0.6) is 0 Å². The second kappa shape index (κ2) is 9.71. The highest BCUT2D eigenvalue weighted by atomic mass is 35.5. The molecule has 0 aromatic heterocycles. The largest absolute Gasteiger partial charge is 0.462 e. The number of esters is 1. The van der Waals surface area contributed by atoms with E-state index in [0.29, 0.717) is 40.1 Å². The maximum absolute atomic E-state index is 14.1. The summed E-state index contributed by atoms with van der Waals surface area (Å²) in [5.41, 5.74) is 3.54. The Morgan fingerprint density at radius 2 is 1.24 bits per heavy atom. The SMILES string of the molecule is CC(C)COC(=O)c1ccc(NC(=O)[C@@H](C)N2C(=O)[C@@H]3[C@H](C2=O)C2(Cl)c4ccccc4C3(Cl)c3ccccc32)cc1. The molecule has 1 aliphatic heterocycles. The average molecular weight is 591 g/mol. The van der Waals surface area contributed by atoms with Crippen LogP contribution in [0.3, 0.4) is 0 Å². The summed E-state index contributed by atoms with van der Waals surface area (Å²) >= 11 is 14.9. The number of nitrogens with zero attached hydrogens (tertiary/aromatic N) is 1. The lowest BCUT2D eigenvalue weighted by molar-refractivity contribution is -0.146. The molecule has 210 valence electrons. The molecule has 0 spiro atoms. The van der Waals surface area contributed by atoms with Crippen molar-refractivity contribution in [2.24, 2.45) is 17.8 Å². The molecule has 3 amide bonds. The first-order valence-corrected chi connectivity index (χ1v) is 14.3. The molecule has 7 rings (SSSR count). The molecule has 4 aliphatic rings. The number of nitrogens with one attached hydrogen (secondary N) is 1. The predicted molar refractivity (Wildman–Crippen MR) is 155 cm³/mol.